The predicted octanol–water partition coefficient (Wildman–Crippen LogP) is 3.27. The Balaban J connectivity index is 2.15. The van der Waals surface area contributed by atoms with E-state index in [0.29, 0.717) is 0 Å². The number of hydrogen-bond acceptors (Lipinski definition) is 3. The van der Waals surface area contributed by atoms with Gasteiger partial charge in [-0.25, -0.2) is 0 Å². The van der Waals surface area contributed by atoms with Crippen molar-refractivity contribution in [2.24, 2.45) is 0 Å². The number of pyridine rings is 2. The average Bonchev–Trinajstić information content (AvgIpc) is 2.53. The summed E-state index contributed by atoms with van der Waals surface area (Å²) in [6.07, 6.45) is 7.34. The third-order valence-electron chi connectivity index (χ3n) is 3.63. The maximum Gasteiger partial charge on any atom is 0.105 e. The molecule has 2 heterocycles. The number of rotatable bonds is 3. The molecule has 100 valence electrons. The van der Waals surface area contributed by atoms with Crippen molar-refractivity contribution in [2.45, 2.75) is 19.4 Å². The molecule has 0 amide bonds. The second-order valence-electron chi connectivity index (χ2n) is 4.77. The minimum atomic E-state index is -0.640. The average molecular weight is 264 g/mol. The lowest BCUT2D eigenvalue weighted by atomic mass is 9.94. The number of nitrogens with zero attached hydrogens (tertiary/aromatic N) is 2. The highest BCUT2D eigenvalue weighted by molar-refractivity contribution is 5.85. The summed E-state index contributed by atoms with van der Waals surface area (Å²) in [5, 5.41) is 12.8. The van der Waals surface area contributed by atoms with Gasteiger partial charge in [-0.1, -0.05) is 25.1 Å². The molecule has 0 aliphatic rings. The summed E-state index contributed by atoms with van der Waals surface area (Å²) in [4.78, 5) is 8.26. The third-order valence-corrected chi connectivity index (χ3v) is 3.63. The number of hydrogen-bond donors (Lipinski definition) is 1. The van der Waals surface area contributed by atoms with Crippen molar-refractivity contribution in [3.05, 3.63) is 71.8 Å². The maximum atomic E-state index is 10.8. The summed E-state index contributed by atoms with van der Waals surface area (Å²) in [5.41, 5.74) is 2.91. The minimum Gasteiger partial charge on any atom is -0.384 e. The highest BCUT2D eigenvalue weighted by atomic mass is 16.3. The quantitative estimate of drug-likeness (QED) is 0.789. The van der Waals surface area contributed by atoms with Crippen molar-refractivity contribution < 1.29 is 5.11 Å². The zero-order valence-electron chi connectivity index (χ0n) is 11.3. The van der Waals surface area contributed by atoms with E-state index in [1.807, 2.05) is 42.7 Å². The molecule has 3 nitrogen and oxygen atoms in total. The van der Waals surface area contributed by atoms with E-state index in [-0.39, 0.29) is 0 Å². The van der Waals surface area contributed by atoms with Crippen molar-refractivity contribution in [2.75, 3.05) is 0 Å². The SMILES string of the molecule is CCc1cnccc1C(O)c1cccc2cnccc12. The molecule has 20 heavy (non-hydrogen) atoms. The van der Waals surface area contributed by atoms with Crippen LogP contribution in [0.2, 0.25) is 0 Å². The van der Waals surface area contributed by atoms with E-state index < -0.39 is 6.10 Å². The monoisotopic (exact) mass is 264 g/mol. The van der Waals surface area contributed by atoms with Crippen molar-refractivity contribution in [3.8, 4) is 0 Å². The molecule has 0 saturated heterocycles. The molecular formula is C17H16N2O. The third kappa shape index (κ3) is 2.17. The Morgan fingerprint density at radius 1 is 1.00 bits per heavy atom. The number of aryl methyl sites for hydroxylation is 1. The first-order valence-corrected chi connectivity index (χ1v) is 6.74. The molecule has 1 unspecified atom stereocenters. The summed E-state index contributed by atoms with van der Waals surface area (Å²) in [5.74, 6) is 0. The Bertz CT molecular complexity index is 734. The van der Waals surface area contributed by atoms with E-state index >= 15 is 0 Å². The lowest BCUT2D eigenvalue weighted by molar-refractivity contribution is 0.220. The number of benzene rings is 1. The van der Waals surface area contributed by atoms with Gasteiger partial charge in [0.1, 0.15) is 6.10 Å². The Morgan fingerprint density at radius 3 is 2.65 bits per heavy atom. The molecule has 2 aromatic heterocycles. The summed E-state index contributed by atoms with van der Waals surface area (Å²) >= 11 is 0. The first kappa shape index (κ1) is 12.8. The fourth-order valence-corrected chi connectivity index (χ4v) is 2.55. The molecule has 0 bridgehead atoms. The van der Waals surface area contributed by atoms with Gasteiger partial charge in [0.15, 0.2) is 0 Å². The van der Waals surface area contributed by atoms with E-state index in [9.17, 15) is 5.11 Å². The molecule has 0 radical (unpaired) electrons. The second kappa shape index (κ2) is 5.39. The zero-order chi connectivity index (χ0) is 13.9. The van der Waals surface area contributed by atoms with Gasteiger partial charge in [0.2, 0.25) is 0 Å². The molecule has 1 aromatic carbocycles. The zero-order valence-corrected chi connectivity index (χ0v) is 11.3. The number of fused-ring (bicyclic) bond motifs is 1. The highest BCUT2D eigenvalue weighted by Crippen LogP contribution is 2.30. The first-order valence-electron chi connectivity index (χ1n) is 6.74. The van der Waals surface area contributed by atoms with Gasteiger partial charge in [0.25, 0.3) is 0 Å². The molecule has 1 atom stereocenters. The Kier molecular flexibility index (Phi) is 3.44. The molecule has 3 rings (SSSR count). The van der Waals surface area contributed by atoms with Gasteiger partial charge in [-0.15, -0.1) is 0 Å². The molecule has 1 N–H and O–H groups in total. The van der Waals surface area contributed by atoms with Crippen LogP contribution in [0.25, 0.3) is 10.8 Å². The van der Waals surface area contributed by atoms with Gasteiger partial charge in [0.05, 0.1) is 0 Å². The van der Waals surface area contributed by atoms with Crippen LogP contribution >= 0.6 is 0 Å². The molecular weight excluding hydrogens is 248 g/mol. The van der Waals surface area contributed by atoms with E-state index in [2.05, 4.69) is 16.9 Å². The van der Waals surface area contributed by atoms with Crippen LogP contribution in [0.3, 0.4) is 0 Å². The normalized spacial score (nSPS) is 12.5. The van der Waals surface area contributed by atoms with Crippen LogP contribution in [-0.4, -0.2) is 15.1 Å². The van der Waals surface area contributed by atoms with Crippen LogP contribution < -0.4 is 0 Å². The van der Waals surface area contributed by atoms with E-state index in [1.165, 1.54) is 0 Å². The molecule has 0 saturated carbocycles. The molecule has 0 aliphatic carbocycles. The molecule has 0 aliphatic heterocycles. The predicted molar refractivity (Wildman–Crippen MR) is 79.4 cm³/mol. The summed E-state index contributed by atoms with van der Waals surface area (Å²) in [6, 6.07) is 9.76. The number of aliphatic hydroxyl groups is 1. The molecule has 3 aromatic rings. The fraction of sp³-hybridized carbons (Fsp3) is 0.176. The lowest BCUT2D eigenvalue weighted by Gasteiger charge is -2.16. The second-order valence-corrected chi connectivity index (χ2v) is 4.77. The van der Waals surface area contributed by atoms with Crippen LogP contribution in [0.1, 0.15) is 29.7 Å². The van der Waals surface area contributed by atoms with Gasteiger partial charge in [0, 0.05) is 30.2 Å². The Labute approximate surface area is 117 Å². The van der Waals surface area contributed by atoms with E-state index in [1.54, 1.807) is 12.4 Å². The van der Waals surface area contributed by atoms with Gasteiger partial charge in [-0.2, -0.15) is 0 Å². The largest absolute Gasteiger partial charge is 0.384 e. The Morgan fingerprint density at radius 2 is 1.80 bits per heavy atom. The smallest absolute Gasteiger partial charge is 0.105 e. The van der Waals surface area contributed by atoms with Gasteiger partial charge in [-0.3, -0.25) is 9.97 Å². The van der Waals surface area contributed by atoms with E-state index in [0.717, 1.165) is 33.9 Å². The van der Waals surface area contributed by atoms with Crippen molar-refractivity contribution in [1.82, 2.24) is 9.97 Å². The van der Waals surface area contributed by atoms with Crippen molar-refractivity contribution in [3.63, 3.8) is 0 Å². The minimum absolute atomic E-state index is 0.640. The van der Waals surface area contributed by atoms with Crippen molar-refractivity contribution in [1.29, 1.82) is 0 Å². The summed E-state index contributed by atoms with van der Waals surface area (Å²) in [6.45, 7) is 2.07. The van der Waals surface area contributed by atoms with E-state index in [4.69, 9.17) is 0 Å². The molecule has 3 heteroatoms. The van der Waals surface area contributed by atoms with Gasteiger partial charge in [-0.05, 0) is 40.6 Å². The van der Waals surface area contributed by atoms with Gasteiger partial charge < -0.3 is 5.11 Å². The number of aliphatic hydroxyl groups excluding tert-OH is 1. The van der Waals surface area contributed by atoms with Crippen LogP contribution in [0.15, 0.2) is 55.1 Å². The van der Waals surface area contributed by atoms with Crippen LogP contribution in [0, 0.1) is 0 Å². The lowest BCUT2D eigenvalue weighted by Crippen LogP contribution is -2.04. The van der Waals surface area contributed by atoms with Crippen molar-refractivity contribution >= 4 is 10.8 Å². The highest BCUT2D eigenvalue weighted by Gasteiger charge is 2.16. The standard InChI is InChI=1S/C17H16N2O/c1-2-12-10-18-9-7-15(12)17(20)16-5-3-4-13-11-19-8-6-14(13)16/h3-11,17,20H,2H2,1H3. The summed E-state index contributed by atoms with van der Waals surface area (Å²) < 4.78 is 0. The topological polar surface area (TPSA) is 46.0 Å². The maximum absolute atomic E-state index is 10.8. The fourth-order valence-electron chi connectivity index (χ4n) is 2.55. The first-order chi connectivity index (χ1) is 9.81. The Hall–Kier alpha value is -2.26. The molecule has 0 spiro atoms. The van der Waals surface area contributed by atoms with Crippen LogP contribution in [0.5, 0.6) is 0 Å². The summed E-state index contributed by atoms with van der Waals surface area (Å²) in [7, 11) is 0. The van der Waals surface area contributed by atoms with Gasteiger partial charge >= 0.3 is 0 Å². The van der Waals surface area contributed by atoms with Crippen LogP contribution in [0.4, 0.5) is 0 Å². The van der Waals surface area contributed by atoms with Crippen LogP contribution in [-0.2, 0) is 6.42 Å². The molecule has 0 fully saturated rings. The number of aromatic nitrogens is 2.